The van der Waals surface area contributed by atoms with E-state index in [9.17, 15) is 0 Å². The van der Waals surface area contributed by atoms with Gasteiger partial charge in [-0.1, -0.05) is 28.8 Å². The average molecular weight is 283 g/mol. The maximum atomic E-state index is 5.71. The molecule has 1 fully saturated rings. The fourth-order valence-corrected chi connectivity index (χ4v) is 2.79. The minimum atomic E-state index is 0.611. The van der Waals surface area contributed by atoms with Gasteiger partial charge in [0.05, 0.1) is 0 Å². The maximum Gasteiger partial charge on any atom is 0.0380 e. The summed E-state index contributed by atoms with van der Waals surface area (Å²) in [5, 5.41) is 0. The summed E-state index contributed by atoms with van der Waals surface area (Å²) in [6.45, 7) is 2.97. The molecule has 16 heavy (non-hydrogen) atoms. The Morgan fingerprint density at radius 1 is 1.06 bits per heavy atom. The number of hydrogen-bond donors (Lipinski definition) is 1. The van der Waals surface area contributed by atoms with Crippen molar-refractivity contribution in [1.82, 2.24) is 0 Å². The van der Waals surface area contributed by atoms with Crippen molar-refractivity contribution in [3.63, 3.8) is 0 Å². The van der Waals surface area contributed by atoms with Crippen molar-refractivity contribution in [2.45, 2.75) is 32.2 Å². The van der Waals surface area contributed by atoms with Gasteiger partial charge in [0.25, 0.3) is 0 Å². The van der Waals surface area contributed by atoms with Crippen LogP contribution in [0.25, 0.3) is 0 Å². The number of hydrogen-bond acceptors (Lipinski definition) is 2. The second-order valence-corrected chi connectivity index (χ2v) is 5.34. The highest BCUT2D eigenvalue weighted by Gasteiger charge is 2.10. The molecule has 3 heteroatoms. The number of benzene rings is 1. The van der Waals surface area contributed by atoms with Gasteiger partial charge >= 0.3 is 0 Å². The third-order valence-corrected chi connectivity index (χ3v) is 3.61. The molecule has 0 bridgehead atoms. The minimum Gasteiger partial charge on any atom is -0.371 e. The second-order valence-electron chi connectivity index (χ2n) is 4.42. The Morgan fingerprint density at radius 2 is 1.75 bits per heavy atom. The zero-order valence-electron chi connectivity index (χ0n) is 9.58. The van der Waals surface area contributed by atoms with Gasteiger partial charge in [0.15, 0.2) is 0 Å². The van der Waals surface area contributed by atoms with Crippen LogP contribution in [0.3, 0.4) is 0 Å². The van der Waals surface area contributed by atoms with Crippen molar-refractivity contribution in [3.05, 3.63) is 28.2 Å². The molecule has 88 valence electrons. The Hall–Kier alpha value is -0.540. The smallest absolute Gasteiger partial charge is 0.0380 e. The molecule has 0 unspecified atom stereocenters. The molecule has 1 aromatic rings. The maximum absolute atomic E-state index is 5.71. The molecule has 2 nitrogen and oxygen atoms in total. The van der Waals surface area contributed by atoms with Crippen molar-refractivity contribution >= 4 is 21.6 Å². The molecule has 1 aliphatic rings. The van der Waals surface area contributed by atoms with Gasteiger partial charge in [-0.25, -0.2) is 0 Å². The predicted octanol–water partition coefficient (Wildman–Crippen LogP) is 3.29. The Morgan fingerprint density at radius 3 is 2.38 bits per heavy atom. The van der Waals surface area contributed by atoms with Crippen LogP contribution in [0.2, 0.25) is 0 Å². The molecule has 1 saturated heterocycles. The van der Waals surface area contributed by atoms with Gasteiger partial charge in [0.2, 0.25) is 0 Å². The minimum absolute atomic E-state index is 0.611. The lowest BCUT2D eigenvalue weighted by atomic mass is 10.2. The highest BCUT2D eigenvalue weighted by molar-refractivity contribution is 9.10. The normalized spacial score (nSPS) is 17.2. The van der Waals surface area contributed by atoms with Gasteiger partial charge in [-0.3, -0.25) is 0 Å². The summed E-state index contributed by atoms with van der Waals surface area (Å²) in [4.78, 5) is 2.48. The topological polar surface area (TPSA) is 29.3 Å². The van der Waals surface area contributed by atoms with E-state index in [-0.39, 0.29) is 0 Å². The lowest BCUT2D eigenvalue weighted by Gasteiger charge is -2.23. The van der Waals surface area contributed by atoms with Crippen LogP contribution in [0.1, 0.15) is 31.2 Å². The van der Waals surface area contributed by atoms with Crippen LogP contribution in [-0.2, 0) is 6.54 Å². The van der Waals surface area contributed by atoms with Gasteiger partial charge in [0.1, 0.15) is 0 Å². The van der Waals surface area contributed by atoms with E-state index in [1.807, 2.05) is 0 Å². The van der Waals surface area contributed by atoms with E-state index in [0.29, 0.717) is 6.54 Å². The number of nitrogens with two attached hydrogens (primary N) is 1. The van der Waals surface area contributed by atoms with E-state index < -0.39 is 0 Å². The summed E-state index contributed by atoms with van der Waals surface area (Å²) in [5.74, 6) is 0. The van der Waals surface area contributed by atoms with Crippen LogP contribution in [0.5, 0.6) is 0 Å². The van der Waals surface area contributed by atoms with Crippen LogP contribution in [0.4, 0.5) is 5.69 Å². The van der Waals surface area contributed by atoms with Gasteiger partial charge in [-0.15, -0.1) is 0 Å². The number of anilines is 1. The molecular weight excluding hydrogens is 264 g/mol. The Labute approximate surface area is 106 Å². The summed E-state index contributed by atoms with van der Waals surface area (Å²) in [7, 11) is 0. The van der Waals surface area contributed by atoms with Crippen LogP contribution >= 0.6 is 15.9 Å². The highest BCUT2D eigenvalue weighted by atomic mass is 79.9. The molecule has 1 heterocycles. The largest absolute Gasteiger partial charge is 0.371 e. The van der Waals surface area contributed by atoms with Crippen molar-refractivity contribution in [1.29, 1.82) is 0 Å². The van der Waals surface area contributed by atoms with Crippen molar-refractivity contribution in [2.75, 3.05) is 18.0 Å². The fraction of sp³-hybridized carbons (Fsp3) is 0.538. The van der Waals surface area contributed by atoms with Crippen LogP contribution in [0, 0.1) is 0 Å². The molecule has 0 amide bonds. The molecule has 0 radical (unpaired) electrons. The number of rotatable bonds is 2. The summed E-state index contributed by atoms with van der Waals surface area (Å²) in [6.07, 6.45) is 5.36. The standard InChI is InChI=1S/C13H19BrN2/c14-12-7-11(10-15)8-13(9-12)16-5-3-1-2-4-6-16/h7-9H,1-6,10,15H2. The van der Waals surface area contributed by atoms with Crippen LogP contribution in [-0.4, -0.2) is 13.1 Å². The van der Waals surface area contributed by atoms with Crippen molar-refractivity contribution in [3.8, 4) is 0 Å². The molecule has 0 saturated carbocycles. The summed E-state index contributed by atoms with van der Waals surface area (Å²) >= 11 is 3.56. The number of nitrogens with zero attached hydrogens (tertiary/aromatic N) is 1. The first-order chi connectivity index (χ1) is 7.79. The number of halogens is 1. The summed E-state index contributed by atoms with van der Waals surface area (Å²) in [6, 6.07) is 6.52. The first kappa shape index (κ1) is 11.9. The van der Waals surface area contributed by atoms with E-state index >= 15 is 0 Å². The molecular formula is C13H19BrN2. The highest BCUT2D eigenvalue weighted by Crippen LogP contribution is 2.25. The molecule has 1 aliphatic heterocycles. The quantitative estimate of drug-likeness (QED) is 0.902. The van der Waals surface area contributed by atoms with Gasteiger partial charge in [0, 0.05) is 29.8 Å². The lowest BCUT2D eigenvalue weighted by molar-refractivity contribution is 0.726. The Bertz CT molecular complexity index is 344. The van der Waals surface area contributed by atoms with Crippen molar-refractivity contribution in [2.24, 2.45) is 5.73 Å². The predicted molar refractivity (Wildman–Crippen MR) is 72.7 cm³/mol. The van der Waals surface area contributed by atoms with Gasteiger partial charge < -0.3 is 10.6 Å². The molecule has 0 aliphatic carbocycles. The fourth-order valence-electron chi connectivity index (χ4n) is 2.26. The monoisotopic (exact) mass is 282 g/mol. The summed E-state index contributed by atoms with van der Waals surface area (Å²) < 4.78 is 1.13. The van der Waals surface area contributed by atoms with Gasteiger partial charge in [-0.05, 0) is 36.6 Å². The molecule has 2 rings (SSSR count). The zero-order valence-corrected chi connectivity index (χ0v) is 11.2. The SMILES string of the molecule is NCc1cc(Br)cc(N2CCCCCC2)c1. The Balaban J connectivity index is 2.20. The molecule has 2 N–H and O–H groups in total. The molecule has 0 aromatic heterocycles. The lowest BCUT2D eigenvalue weighted by Crippen LogP contribution is -2.24. The summed E-state index contributed by atoms with van der Waals surface area (Å²) in [5.41, 5.74) is 8.23. The molecule has 1 aromatic carbocycles. The van der Waals surface area contributed by atoms with E-state index in [4.69, 9.17) is 5.73 Å². The first-order valence-electron chi connectivity index (χ1n) is 6.04. The van der Waals surface area contributed by atoms with E-state index in [0.717, 1.165) is 4.47 Å². The first-order valence-corrected chi connectivity index (χ1v) is 6.83. The van der Waals surface area contributed by atoms with E-state index in [1.54, 1.807) is 0 Å². The van der Waals surface area contributed by atoms with Crippen LogP contribution in [0.15, 0.2) is 22.7 Å². The zero-order chi connectivity index (χ0) is 11.4. The van der Waals surface area contributed by atoms with E-state index in [2.05, 4.69) is 39.0 Å². The third-order valence-electron chi connectivity index (χ3n) is 3.15. The molecule has 0 atom stereocenters. The van der Waals surface area contributed by atoms with Crippen LogP contribution < -0.4 is 10.6 Å². The Kier molecular flexibility index (Phi) is 4.24. The van der Waals surface area contributed by atoms with Crippen molar-refractivity contribution < 1.29 is 0 Å². The van der Waals surface area contributed by atoms with E-state index in [1.165, 1.54) is 50.0 Å². The molecule has 0 spiro atoms. The third kappa shape index (κ3) is 2.98. The second kappa shape index (κ2) is 5.69. The van der Waals surface area contributed by atoms with Gasteiger partial charge in [-0.2, -0.15) is 0 Å². The average Bonchev–Trinajstić information content (AvgIpc) is 2.56.